The highest BCUT2D eigenvalue weighted by molar-refractivity contribution is 7.92. The number of hydrogen-bond acceptors (Lipinski definition) is 3. The molecule has 126 valence electrons. The van der Waals surface area contributed by atoms with E-state index in [-0.39, 0.29) is 17.7 Å². The summed E-state index contributed by atoms with van der Waals surface area (Å²) < 4.78 is 25.3. The molecule has 0 aromatic heterocycles. The third-order valence-corrected chi connectivity index (χ3v) is 4.67. The Hall–Kier alpha value is -2.34. The summed E-state index contributed by atoms with van der Waals surface area (Å²) in [7, 11) is -3.40. The molecule has 0 saturated heterocycles. The van der Waals surface area contributed by atoms with Crippen LogP contribution in [-0.2, 0) is 14.8 Å². The third-order valence-electron chi connectivity index (χ3n) is 4.08. The lowest BCUT2D eigenvalue weighted by atomic mass is 10.1. The lowest BCUT2D eigenvalue weighted by Crippen LogP contribution is -2.17. The van der Waals surface area contributed by atoms with Crippen molar-refractivity contribution in [1.82, 2.24) is 0 Å². The minimum atomic E-state index is -3.40. The van der Waals surface area contributed by atoms with Gasteiger partial charge in [-0.2, -0.15) is 0 Å². The highest BCUT2D eigenvalue weighted by Gasteiger charge is 2.44. The largest absolute Gasteiger partial charge is 0.324 e. The van der Waals surface area contributed by atoms with Crippen LogP contribution in [0.15, 0.2) is 48.5 Å². The normalized spacial score (nSPS) is 19.6. The molecular formula is C18H20N2O3S. The first-order chi connectivity index (χ1) is 11.3. The maximum absolute atomic E-state index is 12.5. The second-order valence-corrected chi connectivity index (χ2v) is 8.02. The van der Waals surface area contributed by atoms with Crippen molar-refractivity contribution in [3.05, 3.63) is 59.7 Å². The molecule has 2 aromatic carbocycles. The molecule has 0 radical (unpaired) electrons. The summed E-state index contributed by atoms with van der Waals surface area (Å²) in [6, 6.07) is 15.0. The van der Waals surface area contributed by atoms with Gasteiger partial charge in [0.15, 0.2) is 0 Å². The number of nitrogens with one attached hydrogen (secondary N) is 2. The van der Waals surface area contributed by atoms with Crippen LogP contribution in [0.4, 0.5) is 11.4 Å². The Balaban J connectivity index is 1.71. The molecule has 2 N–H and O–H groups in total. The molecule has 0 bridgehead atoms. The second kappa shape index (κ2) is 6.28. The Kier molecular flexibility index (Phi) is 4.32. The molecule has 0 unspecified atom stereocenters. The average Bonchev–Trinajstić information content (AvgIpc) is 3.28. The van der Waals surface area contributed by atoms with Gasteiger partial charge in [-0.3, -0.25) is 9.52 Å². The molecular weight excluding hydrogens is 324 g/mol. The molecule has 1 amide bonds. The number of benzene rings is 2. The molecule has 0 spiro atoms. The summed E-state index contributed by atoms with van der Waals surface area (Å²) in [5, 5.41) is 2.84. The van der Waals surface area contributed by atoms with E-state index in [4.69, 9.17) is 0 Å². The first kappa shape index (κ1) is 16.5. The summed E-state index contributed by atoms with van der Waals surface area (Å²) in [6.07, 6.45) is 1.90. The van der Waals surface area contributed by atoms with Crippen LogP contribution in [0.5, 0.6) is 0 Å². The third kappa shape index (κ3) is 3.94. The van der Waals surface area contributed by atoms with Crippen molar-refractivity contribution >= 4 is 27.3 Å². The van der Waals surface area contributed by atoms with Gasteiger partial charge in [0.25, 0.3) is 0 Å². The number of rotatable bonds is 5. The van der Waals surface area contributed by atoms with Gasteiger partial charge in [0.05, 0.1) is 17.6 Å². The Labute approximate surface area is 142 Å². The quantitative estimate of drug-likeness (QED) is 0.875. The summed E-state index contributed by atoms with van der Waals surface area (Å²) in [5.74, 6) is 0.0854. The fraction of sp³-hybridized carbons (Fsp3) is 0.278. The van der Waals surface area contributed by atoms with Crippen LogP contribution in [0.3, 0.4) is 0 Å². The van der Waals surface area contributed by atoms with E-state index < -0.39 is 10.0 Å². The van der Waals surface area contributed by atoms with Gasteiger partial charge >= 0.3 is 0 Å². The van der Waals surface area contributed by atoms with Crippen LogP contribution in [0.25, 0.3) is 0 Å². The Bertz CT molecular complexity index is 877. The topological polar surface area (TPSA) is 75.3 Å². The Morgan fingerprint density at radius 3 is 2.46 bits per heavy atom. The van der Waals surface area contributed by atoms with Crippen LogP contribution < -0.4 is 10.0 Å². The van der Waals surface area contributed by atoms with E-state index in [1.807, 2.05) is 25.1 Å². The number of anilines is 2. The van der Waals surface area contributed by atoms with E-state index >= 15 is 0 Å². The van der Waals surface area contributed by atoms with E-state index in [0.29, 0.717) is 11.4 Å². The van der Waals surface area contributed by atoms with Gasteiger partial charge in [-0.25, -0.2) is 8.42 Å². The first-order valence-electron chi connectivity index (χ1n) is 7.78. The van der Waals surface area contributed by atoms with E-state index in [1.54, 1.807) is 24.3 Å². The molecule has 3 rings (SSSR count). The highest BCUT2D eigenvalue weighted by atomic mass is 32.2. The van der Waals surface area contributed by atoms with Gasteiger partial charge in [-0.1, -0.05) is 42.0 Å². The minimum absolute atomic E-state index is 0.0712. The van der Waals surface area contributed by atoms with Crippen LogP contribution in [0.2, 0.25) is 0 Å². The van der Waals surface area contributed by atoms with Crippen molar-refractivity contribution in [2.75, 3.05) is 16.3 Å². The number of aryl methyl sites for hydroxylation is 1. The van der Waals surface area contributed by atoms with Crippen molar-refractivity contribution in [1.29, 1.82) is 0 Å². The molecule has 1 fully saturated rings. The smallest absolute Gasteiger partial charge is 0.229 e. The average molecular weight is 344 g/mol. The summed E-state index contributed by atoms with van der Waals surface area (Å²) in [6.45, 7) is 2.04. The fourth-order valence-corrected chi connectivity index (χ4v) is 3.44. The van der Waals surface area contributed by atoms with Crippen LogP contribution in [0.1, 0.15) is 23.5 Å². The molecule has 24 heavy (non-hydrogen) atoms. The van der Waals surface area contributed by atoms with Crippen molar-refractivity contribution < 1.29 is 13.2 Å². The zero-order chi connectivity index (χ0) is 17.3. The van der Waals surface area contributed by atoms with Crippen molar-refractivity contribution in [2.45, 2.75) is 19.3 Å². The fourth-order valence-electron chi connectivity index (χ4n) is 2.86. The first-order valence-corrected chi connectivity index (χ1v) is 9.67. The molecule has 5 nitrogen and oxygen atoms in total. The molecule has 0 aliphatic heterocycles. The van der Waals surface area contributed by atoms with Gasteiger partial charge in [0, 0.05) is 5.92 Å². The molecule has 2 atom stereocenters. The van der Waals surface area contributed by atoms with Crippen LogP contribution in [0, 0.1) is 12.8 Å². The molecule has 0 heterocycles. The van der Waals surface area contributed by atoms with Crippen molar-refractivity contribution in [3.8, 4) is 0 Å². The summed E-state index contributed by atoms with van der Waals surface area (Å²) >= 11 is 0. The molecule has 1 saturated carbocycles. The van der Waals surface area contributed by atoms with Gasteiger partial charge in [-0.15, -0.1) is 0 Å². The number of para-hydroxylation sites is 2. The number of amides is 1. The predicted octanol–water partition coefficient (Wildman–Crippen LogP) is 3.11. The maximum Gasteiger partial charge on any atom is 0.229 e. The zero-order valence-corrected chi connectivity index (χ0v) is 14.4. The standard InChI is InChI=1S/C18H20N2O3S/c1-12-6-5-7-13(10-12)14-11-15(14)18(21)19-16-8-3-4-9-17(16)20-24(2,22)23/h3-10,14-15,20H,11H2,1-2H3,(H,19,21)/t14-,15-/m1/s1. The molecule has 6 heteroatoms. The van der Waals surface area contributed by atoms with Gasteiger partial charge in [0.2, 0.25) is 15.9 Å². The molecule has 1 aliphatic rings. The number of hydrogen-bond donors (Lipinski definition) is 2. The lowest BCUT2D eigenvalue weighted by Gasteiger charge is -2.12. The number of carbonyl (C=O) groups excluding carboxylic acids is 1. The van der Waals surface area contributed by atoms with Gasteiger partial charge < -0.3 is 5.32 Å². The van der Waals surface area contributed by atoms with Crippen LogP contribution in [-0.4, -0.2) is 20.6 Å². The second-order valence-electron chi connectivity index (χ2n) is 6.27. The number of carbonyl (C=O) groups is 1. The van der Waals surface area contributed by atoms with E-state index in [9.17, 15) is 13.2 Å². The Morgan fingerprint density at radius 2 is 1.79 bits per heavy atom. The van der Waals surface area contributed by atoms with Gasteiger partial charge in [-0.05, 0) is 37.0 Å². The van der Waals surface area contributed by atoms with E-state index in [2.05, 4.69) is 16.1 Å². The molecule has 1 aliphatic carbocycles. The predicted molar refractivity (Wildman–Crippen MR) is 95.6 cm³/mol. The summed E-state index contributed by atoms with van der Waals surface area (Å²) in [5.41, 5.74) is 3.21. The number of sulfonamides is 1. The van der Waals surface area contributed by atoms with Gasteiger partial charge in [0.1, 0.15) is 0 Å². The lowest BCUT2D eigenvalue weighted by molar-refractivity contribution is -0.117. The zero-order valence-electron chi connectivity index (χ0n) is 13.6. The van der Waals surface area contributed by atoms with E-state index in [0.717, 1.165) is 12.7 Å². The highest BCUT2D eigenvalue weighted by Crippen LogP contribution is 2.48. The van der Waals surface area contributed by atoms with Crippen LogP contribution >= 0.6 is 0 Å². The monoisotopic (exact) mass is 344 g/mol. The van der Waals surface area contributed by atoms with E-state index in [1.165, 1.54) is 11.1 Å². The SMILES string of the molecule is Cc1cccc([C@H]2C[C@H]2C(=O)Nc2ccccc2NS(C)(=O)=O)c1. The maximum atomic E-state index is 12.5. The summed E-state index contributed by atoms with van der Waals surface area (Å²) in [4.78, 5) is 12.5. The Morgan fingerprint density at radius 1 is 1.08 bits per heavy atom. The minimum Gasteiger partial charge on any atom is -0.324 e. The van der Waals surface area contributed by atoms with Crippen molar-refractivity contribution in [3.63, 3.8) is 0 Å². The molecule has 2 aromatic rings. The van der Waals surface area contributed by atoms with Crippen molar-refractivity contribution in [2.24, 2.45) is 5.92 Å².